The summed E-state index contributed by atoms with van der Waals surface area (Å²) >= 11 is 1.88. The first-order chi connectivity index (χ1) is 29.7. The standard InChI is InChI=1S/C43H39N2S.C14H16NSi.Ir/c1-25(2)35-23-28(43(5,6)7)24-36(26(3)4)39(35)45-38-18-11-10-17-37(38)44-42(45)34-16-12-15-31-33-22-21-30-29-14-9-8-13-27(29)19-20-32(30)40(33)46-41(31)34;1-16(2,3)13-9-10-14(15-11-13)12-7-5-4-6-8-12;/h8-15,17-26H,1-7H3;4-7,9-11H,1-3H3;/q2*-1;. The zero-order valence-electron chi connectivity index (χ0n) is 38.0. The number of aromatic nitrogens is 3. The monoisotopic (exact) mass is 1030 g/mol. The fourth-order valence-electron chi connectivity index (χ4n) is 8.67. The fraction of sp³-hybridized carbons (Fsp3) is 0.228. The van der Waals surface area contributed by atoms with E-state index in [0.717, 1.165) is 33.7 Å². The minimum Gasteiger partial charge on any atom is -0.333 e. The van der Waals surface area contributed by atoms with Crippen LogP contribution in [-0.2, 0) is 25.5 Å². The van der Waals surface area contributed by atoms with Gasteiger partial charge in [-0.25, -0.2) is 0 Å². The van der Waals surface area contributed by atoms with Crippen LogP contribution in [0.1, 0.15) is 77.0 Å². The molecule has 10 aromatic rings. The largest absolute Gasteiger partial charge is 0.333 e. The second-order valence-corrected chi connectivity index (χ2v) is 25.4. The maximum atomic E-state index is 5.39. The van der Waals surface area contributed by atoms with E-state index in [0.29, 0.717) is 11.8 Å². The molecule has 3 nitrogen and oxygen atoms in total. The van der Waals surface area contributed by atoms with E-state index >= 15 is 0 Å². The van der Waals surface area contributed by atoms with Gasteiger partial charge in [0.2, 0.25) is 0 Å². The number of imidazole rings is 1. The summed E-state index contributed by atoms with van der Waals surface area (Å²) in [4.78, 5) is 9.91. The van der Waals surface area contributed by atoms with Crippen molar-refractivity contribution in [2.75, 3.05) is 0 Å². The van der Waals surface area contributed by atoms with Crippen molar-refractivity contribution in [1.29, 1.82) is 0 Å². The topological polar surface area (TPSA) is 30.7 Å². The predicted molar refractivity (Wildman–Crippen MR) is 272 cm³/mol. The van der Waals surface area contributed by atoms with Crippen molar-refractivity contribution in [3.63, 3.8) is 0 Å². The third-order valence-electron chi connectivity index (χ3n) is 12.2. The minimum atomic E-state index is -1.23. The van der Waals surface area contributed by atoms with Gasteiger partial charge < -0.3 is 9.55 Å². The third-order valence-corrected chi connectivity index (χ3v) is 15.5. The average Bonchev–Trinajstić information content (AvgIpc) is 3.85. The van der Waals surface area contributed by atoms with E-state index in [-0.39, 0.29) is 25.5 Å². The molecule has 0 saturated heterocycles. The van der Waals surface area contributed by atoms with Crippen molar-refractivity contribution in [2.24, 2.45) is 0 Å². The summed E-state index contributed by atoms with van der Waals surface area (Å²) in [5.41, 5.74) is 10.7. The fourth-order valence-corrected chi connectivity index (χ4v) is 11.0. The molecule has 0 fully saturated rings. The number of pyridine rings is 1. The van der Waals surface area contributed by atoms with E-state index in [2.05, 4.69) is 199 Å². The number of fused-ring (bicyclic) bond motifs is 8. The number of benzene rings is 7. The van der Waals surface area contributed by atoms with Gasteiger partial charge in [-0.15, -0.1) is 54.1 Å². The first kappa shape index (κ1) is 44.4. The summed E-state index contributed by atoms with van der Waals surface area (Å²) in [6, 6.07) is 54.8. The van der Waals surface area contributed by atoms with Gasteiger partial charge in [0.05, 0.1) is 24.9 Å². The van der Waals surface area contributed by atoms with Crippen LogP contribution < -0.4 is 5.19 Å². The first-order valence-corrected chi connectivity index (χ1v) is 26.3. The van der Waals surface area contributed by atoms with Crippen LogP contribution in [0.2, 0.25) is 19.6 Å². The van der Waals surface area contributed by atoms with E-state index in [1.165, 1.54) is 69.3 Å². The van der Waals surface area contributed by atoms with Crippen LogP contribution in [0.15, 0.2) is 140 Å². The van der Waals surface area contributed by atoms with Gasteiger partial charge in [0.1, 0.15) is 0 Å². The molecule has 6 heteroatoms. The Hall–Kier alpha value is -5.23. The van der Waals surface area contributed by atoms with Crippen molar-refractivity contribution in [3.05, 3.63) is 168 Å². The quantitative estimate of drug-likeness (QED) is 0.0944. The van der Waals surface area contributed by atoms with Gasteiger partial charge in [-0.05, 0) is 88.6 Å². The van der Waals surface area contributed by atoms with Gasteiger partial charge in [0.25, 0.3) is 0 Å². The molecule has 0 amide bonds. The molecule has 0 N–H and O–H groups in total. The molecule has 0 unspecified atom stereocenters. The van der Waals surface area contributed by atoms with Crippen LogP contribution in [0.3, 0.4) is 0 Å². The number of para-hydroxylation sites is 2. The van der Waals surface area contributed by atoms with Gasteiger partial charge in [-0.1, -0.05) is 164 Å². The Morgan fingerprint density at radius 2 is 1.29 bits per heavy atom. The third kappa shape index (κ3) is 8.35. The van der Waals surface area contributed by atoms with E-state index in [1.54, 1.807) is 0 Å². The van der Waals surface area contributed by atoms with Crippen LogP contribution in [0.5, 0.6) is 0 Å². The Bertz CT molecular complexity index is 3230. The first-order valence-electron chi connectivity index (χ1n) is 22.0. The second kappa shape index (κ2) is 17.4. The molecule has 10 rings (SSSR count). The van der Waals surface area contributed by atoms with Crippen molar-refractivity contribution < 1.29 is 20.1 Å². The summed E-state index contributed by atoms with van der Waals surface area (Å²) in [5.74, 6) is 1.64. The minimum absolute atomic E-state index is 0. The molecule has 7 aromatic carbocycles. The molecule has 0 spiro atoms. The molecule has 0 aliphatic rings. The number of rotatable bonds is 6. The molecule has 3 heterocycles. The zero-order valence-corrected chi connectivity index (χ0v) is 42.2. The molecule has 0 aliphatic carbocycles. The van der Waals surface area contributed by atoms with E-state index in [1.807, 2.05) is 41.8 Å². The van der Waals surface area contributed by atoms with Crippen molar-refractivity contribution in [2.45, 2.75) is 85.4 Å². The average molecular weight is 1030 g/mol. The van der Waals surface area contributed by atoms with Crippen LogP contribution in [0.25, 0.3) is 81.1 Å². The number of nitrogens with zero attached hydrogens (tertiary/aromatic N) is 3. The van der Waals surface area contributed by atoms with E-state index < -0.39 is 8.07 Å². The Labute approximate surface area is 391 Å². The molecule has 0 bridgehead atoms. The molecule has 63 heavy (non-hydrogen) atoms. The molecule has 0 aliphatic heterocycles. The van der Waals surface area contributed by atoms with Crippen molar-refractivity contribution in [3.8, 4) is 28.3 Å². The number of hydrogen-bond donors (Lipinski definition) is 0. The Balaban J connectivity index is 0.000000271. The predicted octanol–water partition coefficient (Wildman–Crippen LogP) is 15.8. The molecular formula is C57H55IrN3SSi-2. The smallest absolute Gasteiger partial charge is 0.0795 e. The Morgan fingerprint density at radius 3 is 1.95 bits per heavy atom. The number of thiophene rings is 1. The SMILES string of the molecule is CC(C)c1cc(C(C)(C)C)cc(C(C)C)c1-n1c(-c2[c-]ccc3c2sc2c3ccc3c4ccccc4ccc32)nc2ccccc21.C[Si](C)(C)c1ccc(-c2[c-]cccc2)nc1.[Ir]. The van der Waals surface area contributed by atoms with Crippen molar-refractivity contribution in [1.82, 2.24) is 14.5 Å². The van der Waals surface area contributed by atoms with Crippen LogP contribution in [-0.4, -0.2) is 22.6 Å². The van der Waals surface area contributed by atoms with Crippen LogP contribution in [0.4, 0.5) is 0 Å². The molecule has 1 radical (unpaired) electrons. The van der Waals surface area contributed by atoms with E-state index in [4.69, 9.17) is 4.98 Å². The van der Waals surface area contributed by atoms with Gasteiger partial charge in [-0.2, -0.15) is 11.3 Å². The summed E-state index contributed by atoms with van der Waals surface area (Å²) in [6.07, 6.45) is 2.02. The Morgan fingerprint density at radius 1 is 0.635 bits per heavy atom. The summed E-state index contributed by atoms with van der Waals surface area (Å²) in [7, 11) is -1.23. The molecule has 3 aromatic heterocycles. The van der Waals surface area contributed by atoms with E-state index in [9.17, 15) is 0 Å². The number of hydrogen-bond acceptors (Lipinski definition) is 3. The summed E-state index contributed by atoms with van der Waals surface area (Å²) in [6.45, 7) is 23.2. The van der Waals surface area contributed by atoms with Gasteiger partial charge in [0.15, 0.2) is 0 Å². The maximum Gasteiger partial charge on any atom is 0.0795 e. The van der Waals surface area contributed by atoms with Crippen LogP contribution >= 0.6 is 11.3 Å². The zero-order chi connectivity index (χ0) is 43.5. The molecular weight excluding hydrogens is 979 g/mol. The Kier molecular flexibility index (Phi) is 12.2. The molecule has 0 atom stereocenters. The molecule has 0 saturated carbocycles. The maximum absolute atomic E-state index is 5.39. The van der Waals surface area contributed by atoms with Gasteiger partial charge >= 0.3 is 0 Å². The summed E-state index contributed by atoms with van der Waals surface area (Å²) < 4.78 is 5.01. The summed E-state index contributed by atoms with van der Waals surface area (Å²) in [5, 5.41) is 9.13. The molecule has 319 valence electrons. The van der Waals surface area contributed by atoms with Gasteiger partial charge in [-0.3, -0.25) is 4.98 Å². The normalized spacial score (nSPS) is 12.1. The van der Waals surface area contributed by atoms with Crippen LogP contribution in [0, 0.1) is 12.1 Å². The van der Waals surface area contributed by atoms with Crippen molar-refractivity contribution >= 4 is 77.3 Å². The second-order valence-electron chi connectivity index (χ2n) is 19.3. The van der Waals surface area contributed by atoms with Gasteiger partial charge in [0, 0.05) is 36.7 Å².